The standard InChI is InChI=1S/C18H16N2O3/c1-11-16(12-7-3-4-8-13(12)19-11)17(21)18(22)20-14-9-5-6-10-15(14)23-2/h3-10,19H,1-2H3,(H,20,22). The summed E-state index contributed by atoms with van der Waals surface area (Å²) < 4.78 is 5.18. The normalized spacial score (nSPS) is 10.5. The average molecular weight is 308 g/mol. The highest BCUT2D eigenvalue weighted by atomic mass is 16.5. The molecule has 0 spiro atoms. The number of ketones is 1. The number of hydrogen-bond donors (Lipinski definition) is 2. The molecule has 0 radical (unpaired) electrons. The fourth-order valence-corrected chi connectivity index (χ4v) is 2.61. The van der Waals surface area contributed by atoms with Gasteiger partial charge >= 0.3 is 0 Å². The third-order valence-electron chi connectivity index (χ3n) is 3.68. The van der Waals surface area contributed by atoms with Crippen LogP contribution in [-0.4, -0.2) is 23.8 Å². The van der Waals surface area contributed by atoms with Crippen molar-refractivity contribution in [2.24, 2.45) is 0 Å². The molecule has 2 N–H and O–H groups in total. The predicted molar refractivity (Wildman–Crippen MR) is 89.0 cm³/mol. The molecule has 0 unspecified atom stereocenters. The van der Waals surface area contributed by atoms with Crippen molar-refractivity contribution in [3.8, 4) is 5.75 Å². The molecule has 5 nitrogen and oxygen atoms in total. The number of anilines is 1. The van der Waals surface area contributed by atoms with E-state index in [0.717, 1.165) is 10.9 Å². The third-order valence-corrected chi connectivity index (χ3v) is 3.68. The van der Waals surface area contributed by atoms with Crippen LogP contribution < -0.4 is 10.1 Å². The van der Waals surface area contributed by atoms with Crippen LogP contribution in [0.25, 0.3) is 10.9 Å². The Morgan fingerprint density at radius 2 is 1.74 bits per heavy atom. The summed E-state index contributed by atoms with van der Waals surface area (Å²) in [5, 5.41) is 3.35. The number of amides is 1. The fraction of sp³-hybridized carbons (Fsp3) is 0.111. The van der Waals surface area contributed by atoms with E-state index in [-0.39, 0.29) is 0 Å². The first-order valence-corrected chi connectivity index (χ1v) is 7.18. The first-order valence-electron chi connectivity index (χ1n) is 7.18. The molecule has 5 heteroatoms. The first-order chi connectivity index (χ1) is 11.1. The van der Waals surface area contributed by atoms with E-state index < -0.39 is 11.7 Å². The zero-order valence-electron chi connectivity index (χ0n) is 12.8. The lowest BCUT2D eigenvalue weighted by Gasteiger charge is -2.09. The maximum absolute atomic E-state index is 12.6. The van der Waals surface area contributed by atoms with Crippen LogP contribution in [0.5, 0.6) is 5.75 Å². The summed E-state index contributed by atoms with van der Waals surface area (Å²) in [4.78, 5) is 28.0. The number of ether oxygens (including phenoxy) is 1. The van der Waals surface area contributed by atoms with E-state index in [2.05, 4.69) is 10.3 Å². The molecule has 0 bridgehead atoms. The number of methoxy groups -OCH3 is 1. The highest BCUT2D eigenvalue weighted by molar-refractivity contribution is 6.48. The van der Waals surface area contributed by atoms with Crippen molar-refractivity contribution in [1.82, 2.24) is 4.98 Å². The highest BCUT2D eigenvalue weighted by Crippen LogP contribution is 2.25. The molecule has 0 saturated carbocycles. The van der Waals surface area contributed by atoms with E-state index in [4.69, 9.17) is 4.74 Å². The number of para-hydroxylation sites is 3. The SMILES string of the molecule is COc1ccccc1NC(=O)C(=O)c1c(C)[nH]c2ccccc12. The Hall–Kier alpha value is -3.08. The highest BCUT2D eigenvalue weighted by Gasteiger charge is 2.23. The molecule has 3 rings (SSSR count). The molecule has 1 heterocycles. The van der Waals surface area contributed by atoms with Crippen LogP contribution in [0.4, 0.5) is 5.69 Å². The lowest BCUT2D eigenvalue weighted by molar-refractivity contribution is -0.112. The minimum Gasteiger partial charge on any atom is -0.495 e. The van der Waals surface area contributed by atoms with Gasteiger partial charge in [-0.25, -0.2) is 0 Å². The lowest BCUT2D eigenvalue weighted by atomic mass is 10.1. The number of aryl methyl sites for hydroxylation is 1. The summed E-state index contributed by atoms with van der Waals surface area (Å²) in [7, 11) is 1.51. The number of rotatable bonds is 4. The Balaban J connectivity index is 1.93. The summed E-state index contributed by atoms with van der Waals surface area (Å²) in [6.45, 7) is 1.78. The van der Waals surface area contributed by atoms with Crippen molar-refractivity contribution in [2.45, 2.75) is 6.92 Å². The maximum Gasteiger partial charge on any atom is 0.296 e. The number of carbonyl (C=O) groups excluding carboxylic acids is 2. The van der Waals surface area contributed by atoms with Gasteiger partial charge < -0.3 is 15.0 Å². The Bertz CT molecular complexity index is 896. The van der Waals surface area contributed by atoms with Gasteiger partial charge in [-0.2, -0.15) is 0 Å². The summed E-state index contributed by atoms with van der Waals surface area (Å²) in [6.07, 6.45) is 0. The van der Waals surface area contributed by atoms with Gasteiger partial charge in [-0.1, -0.05) is 30.3 Å². The summed E-state index contributed by atoms with van der Waals surface area (Å²) in [5.41, 5.74) is 2.36. The number of aromatic nitrogens is 1. The van der Waals surface area contributed by atoms with Gasteiger partial charge in [0.1, 0.15) is 5.75 Å². The molecule has 3 aromatic rings. The number of hydrogen-bond acceptors (Lipinski definition) is 3. The van der Waals surface area contributed by atoms with Crippen LogP contribution in [0, 0.1) is 6.92 Å². The largest absolute Gasteiger partial charge is 0.495 e. The number of H-pyrrole nitrogens is 1. The van der Waals surface area contributed by atoms with Crippen molar-refractivity contribution < 1.29 is 14.3 Å². The number of benzene rings is 2. The molecule has 0 aliphatic rings. The number of nitrogens with one attached hydrogen (secondary N) is 2. The molecule has 23 heavy (non-hydrogen) atoms. The lowest BCUT2D eigenvalue weighted by Crippen LogP contribution is -2.23. The fourth-order valence-electron chi connectivity index (χ4n) is 2.61. The third kappa shape index (κ3) is 2.68. The Morgan fingerprint density at radius 1 is 1.04 bits per heavy atom. The van der Waals surface area contributed by atoms with Gasteiger partial charge in [-0.15, -0.1) is 0 Å². The molecule has 1 aromatic heterocycles. The molecule has 116 valence electrons. The summed E-state index contributed by atoms with van der Waals surface area (Å²) in [5.74, 6) is -0.766. The van der Waals surface area contributed by atoms with Gasteiger partial charge in [0.25, 0.3) is 11.7 Å². The van der Waals surface area contributed by atoms with Gasteiger partial charge in [-0.3, -0.25) is 9.59 Å². The molecule has 1 amide bonds. The summed E-state index contributed by atoms with van der Waals surface area (Å²) >= 11 is 0. The average Bonchev–Trinajstić information content (AvgIpc) is 2.90. The van der Waals surface area contributed by atoms with E-state index in [9.17, 15) is 9.59 Å². The van der Waals surface area contributed by atoms with Crippen LogP contribution in [0.1, 0.15) is 16.1 Å². The van der Waals surface area contributed by atoms with Crippen molar-refractivity contribution in [3.05, 3.63) is 59.8 Å². The zero-order valence-corrected chi connectivity index (χ0v) is 12.8. The van der Waals surface area contributed by atoms with Crippen LogP contribution in [0.3, 0.4) is 0 Å². The van der Waals surface area contributed by atoms with Crippen LogP contribution in [0.2, 0.25) is 0 Å². The smallest absolute Gasteiger partial charge is 0.296 e. The first kappa shape index (κ1) is 14.8. The molecule has 2 aromatic carbocycles. The van der Waals surface area contributed by atoms with E-state index in [1.807, 2.05) is 24.3 Å². The molecule has 0 atom stereocenters. The molecule has 0 aliphatic carbocycles. The monoisotopic (exact) mass is 308 g/mol. The van der Waals surface area contributed by atoms with Crippen molar-refractivity contribution in [1.29, 1.82) is 0 Å². The van der Waals surface area contributed by atoms with Gasteiger partial charge in [-0.05, 0) is 25.1 Å². The minimum absolute atomic E-state index is 0.396. The van der Waals surface area contributed by atoms with Crippen LogP contribution >= 0.6 is 0 Å². The molecular weight excluding hydrogens is 292 g/mol. The Kier molecular flexibility index (Phi) is 3.85. The van der Waals surface area contributed by atoms with Crippen molar-refractivity contribution in [3.63, 3.8) is 0 Å². The predicted octanol–water partition coefficient (Wildman–Crippen LogP) is 3.31. The molecule has 0 aliphatic heterocycles. The van der Waals surface area contributed by atoms with E-state index in [1.165, 1.54) is 7.11 Å². The zero-order chi connectivity index (χ0) is 16.4. The van der Waals surface area contributed by atoms with E-state index >= 15 is 0 Å². The number of aromatic amines is 1. The number of Topliss-reactive ketones (excluding diaryl/α,β-unsaturated/α-hetero) is 1. The van der Waals surface area contributed by atoms with Crippen molar-refractivity contribution in [2.75, 3.05) is 12.4 Å². The quantitative estimate of drug-likeness (QED) is 0.574. The molecule has 0 saturated heterocycles. The Labute approximate surface area is 133 Å². The van der Waals surface area contributed by atoms with Crippen molar-refractivity contribution >= 4 is 28.3 Å². The van der Waals surface area contributed by atoms with E-state index in [0.29, 0.717) is 22.7 Å². The second-order valence-electron chi connectivity index (χ2n) is 5.15. The molecule has 0 fully saturated rings. The van der Waals surface area contributed by atoms with Crippen LogP contribution in [0.15, 0.2) is 48.5 Å². The number of fused-ring (bicyclic) bond motifs is 1. The maximum atomic E-state index is 12.6. The second kappa shape index (κ2) is 5.96. The van der Waals surface area contributed by atoms with E-state index in [1.54, 1.807) is 31.2 Å². The number of carbonyl (C=O) groups is 2. The van der Waals surface area contributed by atoms with Crippen LogP contribution in [-0.2, 0) is 4.79 Å². The second-order valence-corrected chi connectivity index (χ2v) is 5.15. The van der Waals surface area contributed by atoms with Gasteiger partial charge in [0.05, 0.1) is 18.4 Å². The van der Waals surface area contributed by atoms with Gasteiger partial charge in [0, 0.05) is 16.6 Å². The Morgan fingerprint density at radius 3 is 2.52 bits per heavy atom. The van der Waals surface area contributed by atoms with Gasteiger partial charge in [0.2, 0.25) is 0 Å². The summed E-state index contributed by atoms with van der Waals surface area (Å²) in [6, 6.07) is 14.4. The molecular formula is C18H16N2O3. The minimum atomic E-state index is -0.692. The topological polar surface area (TPSA) is 71.2 Å². The van der Waals surface area contributed by atoms with Gasteiger partial charge in [0.15, 0.2) is 0 Å².